The molecule has 0 amide bonds. The van der Waals surface area contributed by atoms with E-state index in [1.54, 1.807) is 7.11 Å². The average molecular weight is 292 g/mol. The fourth-order valence-electron chi connectivity index (χ4n) is 2.66. The minimum atomic E-state index is -2.58. The van der Waals surface area contributed by atoms with E-state index in [-0.39, 0.29) is 13.0 Å². The first-order valence-electron chi connectivity index (χ1n) is 7.90. The standard InChI is InChI=1S/C15H30F2N2O/c1-3-4-9-18-14-6-10-19(11-7-14)13-15(16,17)8-5-12-20-2/h14,18H,3-13H2,1-2H3. The van der Waals surface area contributed by atoms with E-state index in [1.807, 2.05) is 4.90 Å². The van der Waals surface area contributed by atoms with E-state index in [0.717, 1.165) is 32.5 Å². The van der Waals surface area contributed by atoms with Gasteiger partial charge < -0.3 is 10.1 Å². The third kappa shape index (κ3) is 7.50. The molecule has 1 rings (SSSR count). The van der Waals surface area contributed by atoms with Gasteiger partial charge in [-0.15, -0.1) is 0 Å². The number of nitrogens with zero attached hydrogens (tertiary/aromatic N) is 1. The molecule has 0 unspecified atom stereocenters. The van der Waals surface area contributed by atoms with Crippen LogP contribution in [0.15, 0.2) is 0 Å². The molecule has 5 heteroatoms. The summed E-state index contributed by atoms with van der Waals surface area (Å²) in [5.41, 5.74) is 0. The normalized spacial score (nSPS) is 18.6. The lowest BCUT2D eigenvalue weighted by Gasteiger charge is -2.34. The largest absolute Gasteiger partial charge is 0.385 e. The van der Waals surface area contributed by atoms with E-state index in [9.17, 15) is 8.78 Å². The summed E-state index contributed by atoms with van der Waals surface area (Å²) in [6.07, 6.45) is 4.71. The van der Waals surface area contributed by atoms with Gasteiger partial charge in [-0.25, -0.2) is 8.78 Å². The SMILES string of the molecule is CCCCNC1CCN(CC(F)(F)CCCOC)CC1. The number of likely N-dealkylation sites (tertiary alicyclic amines) is 1. The third-order valence-electron chi connectivity index (χ3n) is 3.90. The highest BCUT2D eigenvalue weighted by Gasteiger charge is 2.32. The Bertz CT molecular complexity index is 244. The van der Waals surface area contributed by atoms with Gasteiger partial charge >= 0.3 is 0 Å². The van der Waals surface area contributed by atoms with Gasteiger partial charge in [0.15, 0.2) is 0 Å². The summed E-state index contributed by atoms with van der Waals surface area (Å²) < 4.78 is 32.4. The molecule has 20 heavy (non-hydrogen) atoms. The molecule has 1 saturated heterocycles. The Morgan fingerprint density at radius 1 is 1.25 bits per heavy atom. The van der Waals surface area contributed by atoms with Gasteiger partial charge in [0.2, 0.25) is 0 Å². The fraction of sp³-hybridized carbons (Fsp3) is 1.00. The van der Waals surface area contributed by atoms with Crippen LogP contribution < -0.4 is 5.32 Å². The Morgan fingerprint density at radius 3 is 2.55 bits per heavy atom. The summed E-state index contributed by atoms with van der Waals surface area (Å²) in [5, 5.41) is 3.52. The van der Waals surface area contributed by atoms with Crippen molar-refractivity contribution in [3.63, 3.8) is 0 Å². The lowest BCUT2D eigenvalue weighted by molar-refractivity contribution is -0.0489. The second kappa shape index (κ2) is 9.64. The maximum atomic E-state index is 13.8. The van der Waals surface area contributed by atoms with Crippen molar-refractivity contribution in [2.45, 2.75) is 57.4 Å². The molecule has 1 heterocycles. The van der Waals surface area contributed by atoms with Crippen molar-refractivity contribution in [2.75, 3.05) is 39.9 Å². The lowest BCUT2D eigenvalue weighted by Crippen LogP contribution is -2.46. The predicted octanol–water partition coefficient (Wildman–Crippen LogP) is 2.90. The van der Waals surface area contributed by atoms with Crippen molar-refractivity contribution in [1.82, 2.24) is 10.2 Å². The van der Waals surface area contributed by atoms with E-state index in [1.165, 1.54) is 12.8 Å². The molecular weight excluding hydrogens is 262 g/mol. The minimum Gasteiger partial charge on any atom is -0.385 e. The van der Waals surface area contributed by atoms with Crippen molar-refractivity contribution in [3.8, 4) is 0 Å². The molecule has 0 radical (unpaired) electrons. The molecule has 0 saturated carbocycles. The molecule has 0 aliphatic carbocycles. The van der Waals surface area contributed by atoms with Crippen LogP contribution in [0.1, 0.15) is 45.4 Å². The molecule has 0 aromatic rings. The van der Waals surface area contributed by atoms with Crippen molar-refractivity contribution in [2.24, 2.45) is 0 Å². The van der Waals surface area contributed by atoms with Crippen LogP contribution in [0.2, 0.25) is 0 Å². The fourth-order valence-corrected chi connectivity index (χ4v) is 2.66. The zero-order valence-electron chi connectivity index (χ0n) is 13.0. The number of nitrogens with one attached hydrogen (secondary N) is 1. The monoisotopic (exact) mass is 292 g/mol. The molecule has 0 bridgehead atoms. The second-order valence-corrected chi connectivity index (χ2v) is 5.81. The number of hydrogen-bond acceptors (Lipinski definition) is 3. The first-order valence-corrected chi connectivity index (χ1v) is 7.90. The number of methoxy groups -OCH3 is 1. The predicted molar refractivity (Wildman–Crippen MR) is 78.4 cm³/mol. The number of hydrogen-bond donors (Lipinski definition) is 1. The first-order chi connectivity index (χ1) is 9.57. The maximum absolute atomic E-state index is 13.8. The maximum Gasteiger partial charge on any atom is 0.260 e. The van der Waals surface area contributed by atoms with Crippen molar-refractivity contribution in [3.05, 3.63) is 0 Å². The van der Waals surface area contributed by atoms with E-state index in [2.05, 4.69) is 12.2 Å². The van der Waals surface area contributed by atoms with Crippen LogP contribution in [-0.4, -0.2) is 56.8 Å². The van der Waals surface area contributed by atoms with Gasteiger partial charge in [-0.3, -0.25) is 4.90 Å². The summed E-state index contributed by atoms with van der Waals surface area (Å²) in [6.45, 7) is 5.11. The number of halogens is 2. The summed E-state index contributed by atoms with van der Waals surface area (Å²) in [7, 11) is 1.55. The van der Waals surface area contributed by atoms with Gasteiger partial charge in [0.05, 0.1) is 6.54 Å². The van der Waals surface area contributed by atoms with Crippen LogP contribution in [-0.2, 0) is 4.74 Å². The summed E-state index contributed by atoms with van der Waals surface area (Å²) >= 11 is 0. The van der Waals surface area contributed by atoms with E-state index < -0.39 is 5.92 Å². The zero-order chi connectivity index (χ0) is 14.8. The Balaban J connectivity index is 2.17. The van der Waals surface area contributed by atoms with E-state index >= 15 is 0 Å². The number of rotatable bonds is 10. The summed E-state index contributed by atoms with van der Waals surface area (Å²) in [5.74, 6) is -2.58. The van der Waals surface area contributed by atoms with Crippen molar-refractivity contribution < 1.29 is 13.5 Å². The second-order valence-electron chi connectivity index (χ2n) is 5.81. The van der Waals surface area contributed by atoms with Crippen LogP contribution in [0.4, 0.5) is 8.78 Å². The Hall–Kier alpha value is -0.260. The van der Waals surface area contributed by atoms with Gasteiger partial charge in [0.25, 0.3) is 5.92 Å². The molecule has 120 valence electrons. The van der Waals surface area contributed by atoms with Crippen molar-refractivity contribution in [1.29, 1.82) is 0 Å². The minimum absolute atomic E-state index is 0.0739. The molecule has 1 aliphatic heterocycles. The van der Waals surface area contributed by atoms with E-state index in [4.69, 9.17) is 4.74 Å². The van der Waals surface area contributed by atoms with Crippen LogP contribution in [0, 0.1) is 0 Å². The smallest absolute Gasteiger partial charge is 0.260 e. The van der Waals surface area contributed by atoms with Gasteiger partial charge in [0.1, 0.15) is 0 Å². The Morgan fingerprint density at radius 2 is 1.95 bits per heavy atom. The molecule has 1 fully saturated rings. The highest BCUT2D eigenvalue weighted by atomic mass is 19.3. The van der Waals surface area contributed by atoms with Crippen LogP contribution in [0.25, 0.3) is 0 Å². The van der Waals surface area contributed by atoms with Gasteiger partial charge in [-0.1, -0.05) is 13.3 Å². The molecule has 1 N–H and O–H groups in total. The summed E-state index contributed by atoms with van der Waals surface area (Å²) in [6, 6.07) is 0.514. The third-order valence-corrected chi connectivity index (χ3v) is 3.90. The average Bonchev–Trinajstić information content (AvgIpc) is 2.41. The molecule has 3 nitrogen and oxygen atoms in total. The molecule has 1 aliphatic rings. The number of alkyl halides is 2. The molecule has 0 atom stereocenters. The molecule has 0 spiro atoms. The number of ether oxygens (including phenoxy) is 1. The zero-order valence-corrected chi connectivity index (χ0v) is 13.0. The van der Waals surface area contributed by atoms with E-state index in [0.29, 0.717) is 19.1 Å². The summed E-state index contributed by atoms with van der Waals surface area (Å²) in [4.78, 5) is 1.91. The quantitative estimate of drug-likeness (QED) is 0.627. The topological polar surface area (TPSA) is 24.5 Å². The van der Waals surface area contributed by atoms with Crippen LogP contribution in [0.3, 0.4) is 0 Å². The number of unbranched alkanes of at least 4 members (excludes halogenated alkanes) is 1. The molecular formula is C15H30F2N2O. The van der Waals surface area contributed by atoms with Gasteiger partial charge in [-0.2, -0.15) is 0 Å². The van der Waals surface area contributed by atoms with Gasteiger partial charge in [-0.05, 0) is 45.3 Å². The van der Waals surface area contributed by atoms with Crippen molar-refractivity contribution >= 4 is 0 Å². The molecule has 0 aromatic heterocycles. The highest BCUT2D eigenvalue weighted by Crippen LogP contribution is 2.23. The number of piperidine rings is 1. The van der Waals surface area contributed by atoms with Gasteiger partial charge in [0, 0.05) is 26.2 Å². The Labute approximate surface area is 122 Å². The lowest BCUT2D eigenvalue weighted by atomic mass is 10.0. The van der Waals surface area contributed by atoms with Crippen LogP contribution >= 0.6 is 0 Å². The first kappa shape index (κ1) is 17.8. The van der Waals surface area contributed by atoms with Crippen LogP contribution in [0.5, 0.6) is 0 Å². The highest BCUT2D eigenvalue weighted by molar-refractivity contribution is 4.80. The molecule has 0 aromatic carbocycles. The Kier molecular flexibility index (Phi) is 8.57.